The van der Waals surface area contributed by atoms with Crippen LogP contribution in [0.4, 0.5) is 5.69 Å². The number of carbonyl (C=O) groups is 1. The fourth-order valence-corrected chi connectivity index (χ4v) is 4.04. The van der Waals surface area contributed by atoms with Gasteiger partial charge in [-0.1, -0.05) is 6.07 Å². The highest BCUT2D eigenvalue weighted by Crippen LogP contribution is 2.35. The average molecular weight is 376 g/mol. The Bertz CT molecular complexity index is 989. The monoisotopic (exact) mass is 376 g/mol. The van der Waals surface area contributed by atoms with Crippen LogP contribution in [-0.2, 0) is 14.8 Å². The molecule has 2 aromatic rings. The van der Waals surface area contributed by atoms with Gasteiger partial charge in [-0.2, -0.15) is 0 Å². The number of benzene rings is 2. The molecule has 1 amide bonds. The van der Waals surface area contributed by atoms with Crippen LogP contribution >= 0.6 is 0 Å². The van der Waals surface area contributed by atoms with Crippen molar-refractivity contribution in [1.82, 2.24) is 4.72 Å². The maximum absolute atomic E-state index is 12.7. The number of fused-ring (bicyclic) bond motifs is 2. The van der Waals surface area contributed by atoms with E-state index in [1.54, 1.807) is 25.1 Å². The second-order valence-corrected chi connectivity index (χ2v) is 7.66. The van der Waals surface area contributed by atoms with Gasteiger partial charge >= 0.3 is 0 Å². The summed E-state index contributed by atoms with van der Waals surface area (Å²) < 4.78 is 43.8. The first kappa shape index (κ1) is 16.7. The third-order valence-corrected chi connectivity index (χ3v) is 5.66. The molecule has 0 aliphatic carbocycles. The number of ether oxygens (including phenoxy) is 3. The highest BCUT2D eigenvalue weighted by molar-refractivity contribution is 7.89. The molecular weight excluding hydrogens is 360 g/mol. The predicted molar refractivity (Wildman–Crippen MR) is 91.9 cm³/mol. The first-order chi connectivity index (χ1) is 12.4. The van der Waals surface area contributed by atoms with Crippen molar-refractivity contribution in [2.75, 3.05) is 18.7 Å². The van der Waals surface area contributed by atoms with Crippen molar-refractivity contribution in [2.45, 2.75) is 17.9 Å². The standard InChI is InChI=1S/C17H16N2O6S/c1-10(11-2-4-15-16(6-11)25-9-24-15)19-26(21,22)12-3-5-14-13(7-12)18-17(20)8-23-14/h2-7,10,19H,8-9H2,1H3,(H,18,20)/t10-/m1/s1. The fraction of sp³-hybridized carbons (Fsp3) is 0.235. The van der Waals surface area contributed by atoms with Crippen molar-refractivity contribution in [3.05, 3.63) is 42.0 Å². The Hall–Kier alpha value is -2.78. The first-order valence-corrected chi connectivity index (χ1v) is 9.39. The molecule has 26 heavy (non-hydrogen) atoms. The summed E-state index contributed by atoms with van der Waals surface area (Å²) in [5.41, 5.74) is 1.08. The van der Waals surface area contributed by atoms with Gasteiger partial charge in [-0.05, 0) is 42.8 Å². The Morgan fingerprint density at radius 3 is 2.65 bits per heavy atom. The van der Waals surface area contributed by atoms with Gasteiger partial charge in [0.05, 0.1) is 10.6 Å². The van der Waals surface area contributed by atoms with Crippen LogP contribution in [0.2, 0.25) is 0 Å². The van der Waals surface area contributed by atoms with Crippen LogP contribution < -0.4 is 24.2 Å². The topological polar surface area (TPSA) is 103 Å². The number of sulfonamides is 1. The fourth-order valence-electron chi connectivity index (χ4n) is 2.78. The number of nitrogens with one attached hydrogen (secondary N) is 2. The Labute approximate surface area is 150 Å². The number of carbonyl (C=O) groups excluding carboxylic acids is 1. The SMILES string of the molecule is C[C@@H](NS(=O)(=O)c1ccc2c(c1)NC(=O)CO2)c1ccc2c(c1)OCO2. The number of rotatable bonds is 4. The van der Waals surface area contributed by atoms with E-state index in [1.807, 2.05) is 0 Å². The van der Waals surface area contributed by atoms with E-state index in [9.17, 15) is 13.2 Å². The molecule has 2 aliphatic heterocycles. The quantitative estimate of drug-likeness (QED) is 0.843. The van der Waals surface area contributed by atoms with Crippen molar-refractivity contribution >= 4 is 21.6 Å². The van der Waals surface area contributed by atoms with E-state index in [2.05, 4.69) is 10.0 Å². The highest BCUT2D eigenvalue weighted by atomic mass is 32.2. The van der Waals surface area contributed by atoms with E-state index in [4.69, 9.17) is 14.2 Å². The molecule has 2 heterocycles. The van der Waals surface area contributed by atoms with Gasteiger partial charge in [-0.15, -0.1) is 0 Å². The second kappa shape index (κ2) is 6.19. The zero-order chi connectivity index (χ0) is 18.3. The van der Waals surface area contributed by atoms with Crippen molar-refractivity contribution in [1.29, 1.82) is 0 Å². The lowest BCUT2D eigenvalue weighted by Gasteiger charge is -2.19. The zero-order valence-corrected chi connectivity index (χ0v) is 14.6. The van der Waals surface area contributed by atoms with Crippen molar-refractivity contribution in [2.24, 2.45) is 0 Å². The van der Waals surface area contributed by atoms with Crippen LogP contribution in [-0.4, -0.2) is 27.7 Å². The summed E-state index contributed by atoms with van der Waals surface area (Å²) in [6, 6.07) is 9.11. The minimum Gasteiger partial charge on any atom is -0.482 e. The molecule has 0 saturated carbocycles. The minimum atomic E-state index is -3.80. The molecule has 2 aliphatic rings. The van der Waals surface area contributed by atoms with Gasteiger partial charge in [-0.25, -0.2) is 13.1 Å². The summed E-state index contributed by atoms with van der Waals surface area (Å²) in [6.45, 7) is 1.80. The van der Waals surface area contributed by atoms with Crippen LogP contribution in [0.5, 0.6) is 17.2 Å². The number of amides is 1. The molecule has 0 bridgehead atoms. The van der Waals surface area contributed by atoms with Crippen LogP contribution in [0.25, 0.3) is 0 Å². The minimum absolute atomic E-state index is 0.0367. The van der Waals surface area contributed by atoms with E-state index in [0.29, 0.717) is 22.9 Å². The van der Waals surface area contributed by atoms with Crippen LogP contribution in [0.3, 0.4) is 0 Å². The Balaban J connectivity index is 1.57. The Morgan fingerprint density at radius 2 is 1.81 bits per heavy atom. The highest BCUT2D eigenvalue weighted by Gasteiger charge is 2.24. The lowest BCUT2D eigenvalue weighted by molar-refractivity contribution is -0.118. The molecule has 136 valence electrons. The van der Waals surface area contributed by atoms with E-state index < -0.39 is 16.1 Å². The second-order valence-electron chi connectivity index (χ2n) is 5.95. The molecule has 2 N–H and O–H groups in total. The zero-order valence-electron chi connectivity index (χ0n) is 13.8. The van der Waals surface area contributed by atoms with E-state index >= 15 is 0 Å². The van der Waals surface area contributed by atoms with Crippen LogP contribution in [0.1, 0.15) is 18.5 Å². The summed E-state index contributed by atoms with van der Waals surface area (Å²) in [5, 5.41) is 2.60. The average Bonchev–Trinajstić information content (AvgIpc) is 3.08. The van der Waals surface area contributed by atoms with Gasteiger partial charge in [0.25, 0.3) is 5.91 Å². The van der Waals surface area contributed by atoms with Gasteiger partial charge in [0, 0.05) is 6.04 Å². The van der Waals surface area contributed by atoms with E-state index in [-0.39, 0.29) is 24.2 Å². The van der Waals surface area contributed by atoms with Gasteiger partial charge in [0.2, 0.25) is 16.8 Å². The molecule has 0 spiro atoms. The van der Waals surface area contributed by atoms with Crippen LogP contribution in [0, 0.1) is 0 Å². The molecule has 8 nitrogen and oxygen atoms in total. The van der Waals surface area contributed by atoms with Gasteiger partial charge in [0.1, 0.15) is 5.75 Å². The predicted octanol–water partition coefficient (Wildman–Crippen LogP) is 1.79. The van der Waals surface area contributed by atoms with E-state index in [1.165, 1.54) is 18.2 Å². The summed E-state index contributed by atoms with van der Waals surface area (Å²) in [6.07, 6.45) is 0. The van der Waals surface area contributed by atoms with Crippen molar-refractivity contribution < 1.29 is 27.4 Å². The largest absolute Gasteiger partial charge is 0.482 e. The van der Waals surface area contributed by atoms with Gasteiger partial charge in [0.15, 0.2) is 18.1 Å². The van der Waals surface area contributed by atoms with Gasteiger partial charge in [-0.3, -0.25) is 4.79 Å². The molecule has 2 aromatic carbocycles. The molecule has 1 atom stereocenters. The lowest BCUT2D eigenvalue weighted by Crippen LogP contribution is -2.28. The maximum atomic E-state index is 12.7. The third kappa shape index (κ3) is 3.06. The molecule has 0 saturated heterocycles. The molecule has 0 aromatic heterocycles. The number of hydrogen-bond donors (Lipinski definition) is 2. The molecule has 0 radical (unpaired) electrons. The summed E-state index contributed by atoms with van der Waals surface area (Å²) >= 11 is 0. The maximum Gasteiger partial charge on any atom is 0.262 e. The van der Waals surface area contributed by atoms with Crippen molar-refractivity contribution in [3.63, 3.8) is 0 Å². The third-order valence-electron chi connectivity index (χ3n) is 4.12. The van der Waals surface area contributed by atoms with Crippen molar-refractivity contribution in [3.8, 4) is 17.2 Å². The molecule has 0 fully saturated rings. The normalized spacial score (nSPS) is 16.4. The summed E-state index contributed by atoms with van der Waals surface area (Å²) in [5.74, 6) is 1.33. The smallest absolute Gasteiger partial charge is 0.262 e. The molecule has 0 unspecified atom stereocenters. The summed E-state index contributed by atoms with van der Waals surface area (Å²) in [4.78, 5) is 11.5. The first-order valence-electron chi connectivity index (χ1n) is 7.91. The Kier molecular flexibility index (Phi) is 3.97. The van der Waals surface area contributed by atoms with Crippen LogP contribution in [0.15, 0.2) is 41.3 Å². The molecule has 4 rings (SSSR count). The Morgan fingerprint density at radius 1 is 1.04 bits per heavy atom. The summed E-state index contributed by atoms with van der Waals surface area (Å²) in [7, 11) is -3.80. The number of anilines is 1. The molecule has 9 heteroatoms. The number of hydrogen-bond acceptors (Lipinski definition) is 6. The van der Waals surface area contributed by atoms with E-state index in [0.717, 1.165) is 5.56 Å². The van der Waals surface area contributed by atoms with Gasteiger partial charge < -0.3 is 19.5 Å². The molecular formula is C17H16N2O6S. The lowest BCUT2D eigenvalue weighted by atomic mass is 10.1.